The van der Waals surface area contributed by atoms with E-state index >= 15 is 0 Å². The number of primary amides is 1. The summed E-state index contributed by atoms with van der Waals surface area (Å²) in [5, 5.41) is 11.1. The molecule has 0 aromatic heterocycles. The highest BCUT2D eigenvalue weighted by atomic mass is 16.2. The summed E-state index contributed by atoms with van der Waals surface area (Å²) >= 11 is 0. The number of hydrogen-bond acceptors (Lipinski definition) is 4. The molecule has 6 N–H and O–H groups in total. The second kappa shape index (κ2) is 10.0. The van der Waals surface area contributed by atoms with E-state index in [9.17, 15) is 9.59 Å². The molecule has 1 heterocycles. The SMILES string of the molecule is CC(C)[C@H](NC(=O)C1Cc2ccc(C(=N)N)cc2N1Cc1ccc(C(N)=O)cc1)c1ccccc1. The Morgan fingerprint density at radius 2 is 1.66 bits per heavy atom. The fraction of sp³-hybridized carbons (Fsp3) is 0.250. The van der Waals surface area contributed by atoms with Gasteiger partial charge in [0.15, 0.2) is 0 Å². The van der Waals surface area contributed by atoms with Crippen molar-refractivity contribution >= 4 is 23.3 Å². The van der Waals surface area contributed by atoms with Crippen LogP contribution in [-0.2, 0) is 17.8 Å². The lowest BCUT2D eigenvalue weighted by atomic mass is 9.95. The predicted octanol–water partition coefficient (Wildman–Crippen LogP) is 3.51. The Morgan fingerprint density at radius 1 is 1.00 bits per heavy atom. The Labute approximate surface area is 205 Å². The number of nitrogen functional groups attached to an aromatic ring is 1. The minimum absolute atomic E-state index is 0.0181. The zero-order chi connectivity index (χ0) is 25.1. The molecule has 1 aliphatic rings. The maximum atomic E-state index is 13.7. The summed E-state index contributed by atoms with van der Waals surface area (Å²) in [7, 11) is 0. The van der Waals surface area contributed by atoms with Crippen LogP contribution in [0.25, 0.3) is 0 Å². The van der Waals surface area contributed by atoms with Crippen LogP contribution < -0.4 is 21.7 Å². The average Bonchev–Trinajstić information content (AvgIpc) is 3.20. The van der Waals surface area contributed by atoms with E-state index in [1.54, 1.807) is 12.1 Å². The van der Waals surface area contributed by atoms with Crippen LogP contribution in [0.4, 0.5) is 5.69 Å². The summed E-state index contributed by atoms with van der Waals surface area (Å²) in [5.74, 6) is -0.339. The van der Waals surface area contributed by atoms with Crippen LogP contribution >= 0.6 is 0 Å². The van der Waals surface area contributed by atoms with Gasteiger partial charge in [0.1, 0.15) is 11.9 Å². The number of nitrogens with zero attached hydrogens (tertiary/aromatic N) is 1. The van der Waals surface area contributed by atoms with Crippen LogP contribution in [0.5, 0.6) is 0 Å². The molecule has 180 valence electrons. The molecule has 4 rings (SSSR count). The van der Waals surface area contributed by atoms with Gasteiger partial charge in [-0.2, -0.15) is 0 Å². The molecule has 3 aromatic rings. The highest BCUT2D eigenvalue weighted by Crippen LogP contribution is 2.35. The third-order valence-electron chi connectivity index (χ3n) is 6.51. The van der Waals surface area contributed by atoms with E-state index < -0.39 is 11.9 Å². The zero-order valence-electron chi connectivity index (χ0n) is 20.0. The third-order valence-corrected chi connectivity index (χ3v) is 6.51. The van der Waals surface area contributed by atoms with Crippen molar-refractivity contribution in [3.63, 3.8) is 0 Å². The van der Waals surface area contributed by atoms with Gasteiger partial charge in [0, 0.05) is 29.8 Å². The fourth-order valence-corrected chi connectivity index (χ4v) is 4.60. The highest BCUT2D eigenvalue weighted by molar-refractivity contribution is 5.97. The lowest BCUT2D eigenvalue weighted by molar-refractivity contribution is -0.123. The molecule has 0 fully saturated rings. The number of rotatable bonds is 8. The Kier molecular flexibility index (Phi) is 6.87. The van der Waals surface area contributed by atoms with Crippen LogP contribution in [0.2, 0.25) is 0 Å². The van der Waals surface area contributed by atoms with Crippen molar-refractivity contribution in [3.05, 3.63) is 101 Å². The summed E-state index contributed by atoms with van der Waals surface area (Å²) in [5.41, 5.74) is 16.1. The molecule has 0 bridgehead atoms. The predicted molar refractivity (Wildman–Crippen MR) is 138 cm³/mol. The van der Waals surface area contributed by atoms with Crippen LogP contribution in [0, 0.1) is 11.3 Å². The van der Waals surface area contributed by atoms with Gasteiger partial charge in [0.25, 0.3) is 0 Å². The number of benzene rings is 3. The van der Waals surface area contributed by atoms with Gasteiger partial charge in [0.05, 0.1) is 6.04 Å². The van der Waals surface area contributed by atoms with E-state index in [-0.39, 0.29) is 23.7 Å². The number of fused-ring (bicyclic) bond motifs is 1. The van der Waals surface area contributed by atoms with Gasteiger partial charge in [-0.3, -0.25) is 15.0 Å². The Hall–Kier alpha value is -4.13. The van der Waals surface area contributed by atoms with Crippen molar-refractivity contribution in [2.24, 2.45) is 17.4 Å². The van der Waals surface area contributed by atoms with Crippen molar-refractivity contribution in [3.8, 4) is 0 Å². The van der Waals surface area contributed by atoms with E-state index in [1.807, 2.05) is 60.7 Å². The van der Waals surface area contributed by atoms with E-state index in [0.717, 1.165) is 22.4 Å². The van der Waals surface area contributed by atoms with Gasteiger partial charge in [-0.05, 0) is 40.8 Å². The number of carbonyl (C=O) groups excluding carboxylic acids is 2. The molecule has 2 atom stereocenters. The van der Waals surface area contributed by atoms with Gasteiger partial charge in [-0.1, -0.05) is 68.4 Å². The van der Waals surface area contributed by atoms with Gasteiger partial charge >= 0.3 is 0 Å². The summed E-state index contributed by atoms with van der Waals surface area (Å²) in [4.78, 5) is 27.2. The molecular weight excluding hydrogens is 438 g/mol. The highest BCUT2D eigenvalue weighted by Gasteiger charge is 2.36. The Balaban J connectivity index is 1.65. The van der Waals surface area contributed by atoms with Crippen LogP contribution in [0.3, 0.4) is 0 Å². The minimum Gasteiger partial charge on any atom is -0.384 e. The lowest BCUT2D eigenvalue weighted by Gasteiger charge is -2.30. The molecule has 7 heteroatoms. The van der Waals surface area contributed by atoms with E-state index in [4.69, 9.17) is 16.9 Å². The van der Waals surface area contributed by atoms with Crippen molar-refractivity contribution in [2.75, 3.05) is 4.90 Å². The van der Waals surface area contributed by atoms with Crippen LogP contribution in [0.1, 0.15) is 52.5 Å². The minimum atomic E-state index is -0.480. The molecule has 1 aliphatic heterocycles. The van der Waals surface area contributed by atoms with E-state index in [2.05, 4.69) is 24.1 Å². The maximum absolute atomic E-state index is 13.7. The average molecular weight is 470 g/mol. The second-order valence-electron chi connectivity index (χ2n) is 9.31. The van der Waals surface area contributed by atoms with Gasteiger partial charge in [-0.25, -0.2) is 0 Å². The van der Waals surface area contributed by atoms with Crippen LogP contribution in [0.15, 0.2) is 72.8 Å². The molecule has 7 nitrogen and oxygen atoms in total. The van der Waals surface area contributed by atoms with Gasteiger partial charge < -0.3 is 21.7 Å². The first-order chi connectivity index (χ1) is 16.7. The number of amidine groups is 1. The van der Waals surface area contributed by atoms with Gasteiger partial charge in [-0.15, -0.1) is 0 Å². The van der Waals surface area contributed by atoms with Crippen LogP contribution in [-0.4, -0.2) is 23.7 Å². The first-order valence-electron chi connectivity index (χ1n) is 11.7. The smallest absolute Gasteiger partial charge is 0.248 e. The van der Waals surface area contributed by atoms with E-state index in [1.165, 1.54) is 0 Å². The first-order valence-corrected chi connectivity index (χ1v) is 11.7. The molecule has 0 aliphatic carbocycles. The molecule has 0 radical (unpaired) electrons. The van der Waals surface area contributed by atoms with Crippen molar-refractivity contribution in [1.29, 1.82) is 5.41 Å². The number of anilines is 1. The first kappa shape index (κ1) is 24.0. The summed E-state index contributed by atoms with van der Waals surface area (Å²) < 4.78 is 0. The monoisotopic (exact) mass is 469 g/mol. The zero-order valence-corrected chi connectivity index (χ0v) is 20.0. The van der Waals surface area contributed by atoms with Gasteiger partial charge in [0.2, 0.25) is 11.8 Å². The number of nitrogens with two attached hydrogens (primary N) is 2. The van der Waals surface area contributed by atoms with E-state index in [0.29, 0.717) is 24.1 Å². The van der Waals surface area contributed by atoms with Crippen molar-refractivity contribution < 1.29 is 9.59 Å². The molecule has 2 amide bonds. The number of hydrogen-bond donors (Lipinski definition) is 4. The topological polar surface area (TPSA) is 125 Å². The third kappa shape index (κ3) is 5.19. The molecule has 0 saturated heterocycles. The molecular formula is C28H31N5O2. The molecule has 3 aromatic carbocycles. The number of nitrogens with one attached hydrogen (secondary N) is 2. The molecule has 1 unspecified atom stereocenters. The molecule has 0 spiro atoms. The Bertz CT molecular complexity index is 1240. The standard InChI is InChI=1S/C28H31N5O2/c1-17(2)25(19-6-4-3-5-7-19)32-28(35)24-14-21-12-13-22(26(29)30)15-23(21)33(24)16-18-8-10-20(11-9-18)27(31)34/h3-13,15,17,24-25H,14,16H2,1-2H3,(H3,29,30)(H2,31,34)(H,32,35)/t24?,25-/m0/s1. The second-order valence-corrected chi connectivity index (χ2v) is 9.31. The fourth-order valence-electron chi connectivity index (χ4n) is 4.60. The number of carbonyl (C=O) groups is 2. The Morgan fingerprint density at radius 3 is 2.26 bits per heavy atom. The molecule has 0 saturated carbocycles. The quantitative estimate of drug-likeness (QED) is 0.297. The lowest BCUT2D eigenvalue weighted by Crippen LogP contribution is -2.47. The maximum Gasteiger partial charge on any atom is 0.248 e. The summed E-state index contributed by atoms with van der Waals surface area (Å²) in [6.45, 7) is 4.65. The summed E-state index contributed by atoms with van der Waals surface area (Å²) in [6, 6.07) is 22.2. The summed E-state index contributed by atoms with van der Waals surface area (Å²) in [6.07, 6.45) is 0.554. The normalized spacial score (nSPS) is 15.5. The van der Waals surface area contributed by atoms with Crippen molar-refractivity contribution in [1.82, 2.24) is 5.32 Å². The van der Waals surface area contributed by atoms with Crippen molar-refractivity contribution in [2.45, 2.75) is 38.9 Å². The number of amides is 2. The molecule has 35 heavy (non-hydrogen) atoms. The largest absolute Gasteiger partial charge is 0.384 e.